The Morgan fingerprint density at radius 3 is 1.92 bits per heavy atom. The van der Waals surface area contributed by atoms with E-state index in [1.807, 2.05) is 6.07 Å². The van der Waals surface area contributed by atoms with Gasteiger partial charge >= 0.3 is 0 Å². The lowest BCUT2D eigenvalue weighted by Gasteiger charge is -2.33. The quantitative estimate of drug-likeness (QED) is 0.249. The molecule has 0 aliphatic carbocycles. The molecule has 3 nitrogen and oxygen atoms in total. The average Bonchev–Trinajstić information content (AvgIpc) is 3.39. The molecular formula is C35H23N3. The highest BCUT2D eigenvalue weighted by Crippen LogP contribution is 2.48. The lowest BCUT2D eigenvalue weighted by atomic mass is 10.0. The van der Waals surface area contributed by atoms with E-state index in [-0.39, 0.29) is 0 Å². The Bertz CT molecular complexity index is 1970. The van der Waals surface area contributed by atoms with E-state index in [4.69, 9.17) is 4.98 Å². The van der Waals surface area contributed by atoms with Crippen LogP contribution < -0.4 is 4.90 Å². The van der Waals surface area contributed by atoms with Gasteiger partial charge in [-0.1, -0.05) is 97.1 Å². The van der Waals surface area contributed by atoms with Crippen LogP contribution in [-0.2, 0) is 0 Å². The van der Waals surface area contributed by atoms with E-state index in [9.17, 15) is 0 Å². The molecule has 6 aromatic carbocycles. The molecule has 178 valence electrons. The van der Waals surface area contributed by atoms with Gasteiger partial charge in [0, 0.05) is 11.3 Å². The van der Waals surface area contributed by atoms with E-state index in [1.54, 1.807) is 0 Å². The van der Waals surface area contributed by atoms with Crippen LogP contribution in [0.3, 0.4) is 0 Å². The lowest BCUT2D eigenvalue weighted by Crippen LogP contribution is -2.18. The van der Waals surface area contributed by atoms with Crippen LogP contribution in [0.2, 0.25) is 0 Å². The third kappa shape index (κ3) is 3.12. The molecule has 0 saturated carbocycles. The van der Waals surface area contributed by atoms with Gasteiger partial charge in [-0.3, -0.25) is 4.57 Å². The van der Waals surface area contributed by atoms with Crippen molar-refractivity contribution in [2.45, 2.75) is 0 Å². The summed E-state index contributed by atoms with van der Waals surface area (Å²) in [5, 5.41) is 2.45. The molecule has 0 bridgehead atoms. The standard InChI is InChI=1S/C35H23N3/c1-3-10-24(11-4-1)26-18-19-28-23-29(21-20-27(28)22-26)37-31-15-7-8-16-32(31)38-34-30(14-9-17-33(34)37)36-35(38)25-12-5-2-6-13-25/h1-23H. The zero-order valence-electron chi connectivity index (χ0n) is 20.6. The van der Waals surface area contributed by atoms with Crippen molar-refractivity contribution in [2.75, 3.05) is 4.90 Å². The number of hydrogen-bond acceptors (Lipinski definition) is 2. The number of imidazole rings is 1. The molecule has 0 unspecified atom stereocenters. The summed E-state index contributed by atoms with van der Waals surface area (Å²) in [6, 6.07) is 49.5. The SMILES string of the molecule is c1ccc(-c2ccc3cc(N4c5ccccc5-n5c(-c6ccccc6)nc6cccc4c65)ccc3c2)cc1. The van der Waals surface area contributed by atoms with E-state index in [0.29, 0.717) is 0 Å². The number of para-hydroxylation sites is 3. The van der Waals surface area contributed by atoms with Crippen LogP contribution in [0.1, 0.15) is 0 Å². The number of hydrogen-bond donors (Lipinski definition) is 0. The first-order valence-electron chi connectivity index (χ1n) is 12.9. The highest BCUT2D eigenvalue weighted by atomic mass is 15.2. The predicted octanol–water partition coefficient (Wildman–Crippen LogP) is 9.30. The molecule has 0 spiro atoms. The number of benzene rings is 6. The number of fused-ring (bicyclic) bond motifs is 3. The van der Waals surface area contributed by atoms with E-state index >= 15 is 0 Å². The molecule has 38 heavy (non-hydrogen) atoms. The smallest absolute Gasteiger partial charge is 0.145 e. The van der Waals surface area contributed by atoms with Crippen molar-refractivity contribution >= 4 is 38.9 Å². The minimum atomic E-state index is 0.965. The third-order valence-corrected chi connectivity index (χ3v) is 7.48. The maximum Gasteiger partial charge on any atom is 0.145 e. The molecule has 2 heterocycles. The molecular weight excluding hydrogens is 462 g/mol. The minimum absolute atomic E-state index is 0.965. The molecule has 7 aromatic rings. The molecule has 0 atom stereocenters. The lowest BCUT2D eigenvalue weighted by molar-refractivity contribution is 1.06. The number of anilines is 3. The third-order valence-electron chi connectivity index (χ3n) is 7.48. The Kier molecular flexibility index (Phi) is 4.52. The second kappa shape index (κ2) is 8.19. The summed E-state index contributed by atoms with van der Waals surface area (Å²) in [6.45, 7) is 0. The van der Waals surface area contributed by atoms with Gasteiger partial charge in [-0.2, -0.15) is 0 Å². The second-order valence-electron chi connectivity index (χ2n) is 9.72. The van der Waals surface area contributed by atoms with Gasteiger partial charge in [-0.15, -0.1) is 0 Å². The normalized spacial score (nSPS) is 12.2. The van der Waals surface area contributed by atoms with Crippen molar-refractivity contribution in [1.29, 1.82) is 0 Å². The topological polar surface area (TPSA) is 21.1 Å². The number of nitrogens with zero attached hydrogens (tertiary/aromatic N) is 3. The van der Waals surface area contributed by atoms with Crippen molar-refractivity contribution in [3.05, 3.63) is 140 Å². The van der Waals surface area contributed by atoms with Crippen molar-refractivity contribution < 1.29 is 0 Å². The van der Waals surface area contributed by atoms with Crippen LogP contribution in [0.5, 0.6) is 0 Å². The van der Waals surface area contributed by atoms with Gasteiger partial charge in [-0.25, -0.2) is 4.98 Å². The van der Waals surface area contributed by atoms with Crippen LogP contribution in [0.15, 0.2) is 140 Å². The van der Waals surface area contributed by atoms with Gasteiger partial charge in [0.25, 0.3) is 0 Å². The van der Waals surface area contributed by atoms with E-state index in [2.05, 4.69) is 143 Å². The molecule has 1 aliphatic heterocycles. The summed E-state index contributed by atoms with van der Waals surface area (Å²) in [4.78, 5) is 7.48. The van der Waals surface area contributed by atoms with Crippen LogP contribution >= 0.6 is 0 Å². The molecule has 8 rings (SSSR count). The van der Waals surface area contributed by atoms with E-state index in [1.165, 1.54) is 21.9 Å². The van der Waals surface area contributed by atoms with Gasteiger partial charge in [0.15, 0.2) is 0 Å². The summed E-state index contributed by atoms with van der Waals surface area (Å²) in [5.41, 5.74) is 10.2. The zero-order valence-corrected chi connectivity index (χ0v) is 20.6. The maximum absolute atomic E-state index is 5.11. The molecule has 0 saturated heterocycles. The van der Waals surface area contributed by atoms with Crippen molar-refractivity contribution in [1.82, 2.24) is 9.55 Å². The van der Waals surface area contributed by atoms with Gasteiger partial charge < -0.3 is 4.90 Å². The highest BCUT2D eigenvalue weighted by Gasteiger charge is 2.29. The predicted molar refractivity (Wildman–Crippen MR) is 158 cm³/mol. The molecule has 3 heteroatoms. The fourth-order valence-corrected chi connectivity index (χ4v) is 5.74. The van der Waals surface area contributed by atoms with Crippen molar-refractivity contribution in [2.24, 2.45) is 0 Å². The van der Waals surface area contributed by atoms with Crippen LogP contribution in [0.25, 0.3) is 50.0 Å². The molecule has 0 N–H and O–H groups in total. The first kappa shape index (κ1) is 21.0. The first-order chi connectivity index (χ1) is 18.8. The van der Waals surface area contributed by atoms with E-state index < -0.39 is 0 Å². The van der Waals surface area contributed by atoms with Gasteiger partial charge in [0.05, 0.1) is 28.1 Å². The Hall–Kier alpha value is -5.15. The summed E-state index contributed by atoms with van der Waals surface area (Å²) in [5.74, 6) is 0.965. The molecule has 1 aliphatic rings. The minimum Gasteiger partial charge on any atom is -0.306 e. The average molecular weight is 486 g/mol. The first-order valence-corrected chi connectivity index (χ1v) is 12.9. The summed E-state index contributed by atoms with van der Waals surface area (Å²) >= 11 is 0. The fraction of sp³-hybridized carbons (Fsp3) is 0. The molecule has 0 amide bonds. The molecule has 1 aromatic heterocycles. The second-order valence-corrected chi connectivity index (χ2v) is 9.72. The molecule has 0 radical (unpaired) electrons. The summed E-state index contributed by atoms with van der Waals surface area (Å²) in [7, 11) is 0. The zero-order chi connectivity index (χ0) is 25.1. The van der Waals surface area contributed by atoms with Crippen LogP contribution in [0.4, 0.5) is 17.1 Å². The summed E-state index contributed by atoms with van der Waals surface area (Å²) in [6.07, 6.45) is 0. The maximum atomic E-state index is 5.11. The van der Waals surface area contributed by atoms with Crippen LogP contribution in [0, 0.1) is 0 Å². The Morgan fingerprint density at radius 2 is 1.11 bits per heavy atom. The van der Waals surface area contributed by atoms with Gasteiger partial charge in [0.1, 0.15) is 5.82 Å². The largest absolute Gasteiger partial charge is 0.306 e. The van der Waals surface area contributed by atoms with Crippen molar-refractivity contribution in [3.8, 4) is 28.2 Å². The Balaban J connectivity index is 1.34. The van der Waals surface area contributed by atoms with Gasteiger partial charge in [0.2, 0.25) is 0 Å². The molecule has 0 fully saturated rings. The number of aromatic nitrogens is 2. The summed E-state index contributed by atoms with van der Waals surface area (Å²) < 4.78 is 2.32. The highest BCUT2D eigenvalue weighted by molar-refractivity contribution is 6.04. The van der Waals surface area contributed by atoms with Crippen molar-refractivity contribution in [3.63, 3.8) is 0 Å². The Labute approximate surface area is 220 Å². The van der Waals surface area contributed by atoms with E-state index in [0.717, 1.165) is 45.2 Å². The monoisotopic (exact) mass is 485 g/mol. The fourth-order valence-electron chi connectivity index (χ4n) is 5.74. The van der Waals surface area contributed by atoms with Crippen LogP contribution in [-0.4, -0.2) is 9.55 Å². The number of rotatable bonds is 3. The Morgan fingerprint density at radius 1 is 0.447 bits per heavy atom. The van der Waals surface area contributed by atoms with Gasteiger partial charge in [-0.05, 0) is 64.4 Å².